The van der Waals surface area contributed by atoms with Crippen molar-refractivity contribution in [2.75, 3.05) is 18.5 Å². The summed E-state index contributed by atoms with van der Waals surface area (Å²) in [7, 11) is 0. The minimum absolute atomic E-state index is 0.0165. The Bertz CT molecular complexity index is 1060. The summed E-state index contributed by atoms with van der Waals surface area (Å²) in [6, 6.07) is 15.9. The van der Waals surface area contributed by atoms with E-state index in [9.17, 15) is 14.0 Å². The predicted molar refractivity (Wildman–Crippen MR) is 110 cm³/mol. The molecule has 0 bridgehead atoms. The zero-order valence-electron chi connectivity index (χ0n) is 16.2. The number of hydrogen-bond acceptors (Lipinski definition) is 4. The Morgan fingerprint density at radius 3 is 2.60 bits per heavy atom. The largest absolute Gasteiger partial charge is 0.451 e. The fraction of sp³-hybridized carbons (Fsp3) is 0.217. The van der Waals surface area contributed by atoms with Crippen LogP contribution in [0.2, 0.25) is 0 Å². The first-order valence-electron chi connectivity index (χ1n) is 9.77. The molecule has 0 radical (unpaired) electrons. The van der Waals surface area contributed by atoms with Crippen LogP contribution in [0, 0.1) is 5.82 Å². The minimum atomic E-state index is -0.531. The van der Waals surface area contributed by atoms with Gasteiger partial charge in [0.15, 0.2) is 5.76 Å². The SMILES string of the molecule is O=C(Nc1ccccc1C(=O)NCC1CCCO1)c1ccc(-c2ccccc2F)o1. The van der Waals surface area contributed by atoms with E-state index in [-0.39, 0.29) is 29.1 Å². The number of para-hydroxylation sites is 1. The molecule has 2 aromatic carbocycles. The van der Waals surface area contributed by atoms with E-state index in [0.29, 0.717) is 24.4 Å². The van der Waals surface area contributed by atoms with E-state index in [1.54, 1.807) is 42.5 Å². The standard InChI is InChI=1S/C23H21FN2O4/c24-18-9-3-1-7-16(18)20-11-12-21(30-20)23(28)26-19-10-4-2-8-17(19)22(27)25-14-15-6-5-13-29-15/h1-4,7-12,15H,5-6,13-14H2,(H,25,27)(H,26,28). The number of halogens is 1. The summed E-state index contributed by atoms with van der Waals surface area (Å²) >= 11 is 0. The summed E-state index contributed by atoms with van der Waals surface area (Å²) in [6.07, 6.45) is 1.93. The molecule has 1 fully saturated rings. The third-order valence-corrected chi connectivity index (χ3v) is 4.90. The van der Waals surface area contributed by atoms with Crippen LogP contribution in [-0.4, -0.2) is 31.1 Å². The molecule has 4 rings (SSSR count). The lowest BCUT2D eigenvalue weighted by atomic mass is 10.1. The number of furan rings is 1. The van der Waals surface area contributed by atoms with Crippen LogP contribution in [0.15, 0.2) is 65.1 Å². The zero-order valence-corrected chi connectivity index (χ0v) is 16.2. The van der Waals surface area contributed by atoms with Gasteiger partial charge in [-0.25, -0.2) is 4.39 Å². The second-order valence-corrected chi connectivity index (χ2v) is 6.99. The molecule has 3 aromatic rings. The van der Waals surface area contributed by atoms with E-state index in [2.05, 4.69) is 10.6 Å². The number of nitrogens with one attached hydrogen (secondary N) is 2. The van der Waals surface area contributed by atoms with Gasteiger partial charge in [0.2, 0.25) is 0 Å². The summed E-state index contributed by atoms with van der Waals surface area (Å²) in [5.41, 5.74) is 0.964. The molecule has 30 heavy (non-hydrogen) atoms. The molecule has 1 aliphatic heterocycles. The minimum Gasteiger partial charge on any atom is -0.451 e. The van der Waals surface area contributed by atoms with Gasteiger partial charge in [-0.05, 0) is 49.2 Å². The van der Waals surface area contributed by atoms with Crippen LogP contribution in [0.4, 0.5) is 10.1 Å². The first kappa shape index (κ1) is 19.8. The molecular formula is C23H21FN2O4. The maximum absolute atomic E-state index is 13.9. The Morgan fingerprint density at radius 2 is 1.80 bits per heavy atom. The summed E-state index contributed by atoms with van der Waals surface area (Å²) in [6.45, 7) is 1.14. The molecule has 1 unspecified atom stereocenters. The highest BCUT2D eigenvalue weighted by Gasteiger charge is 2.20. The van der Waals surface area contributed by atoms with Crippen LogP contribution in [0.5, 0.6) is 0 Å². The van der Waals surface area contributed by atoms with Crippen molar-refractivity contribution in [2.24, 2.45) is 0 Å². The van der Waals surface area contributed by atoms with E-state index in [4.69, 9.17) is 9.15 Å². The quantitative estimate of drug-likeness (QED) is 0.639. The lowest BCUT2D eigenvalue weighted by Gasteiger charge is -2.13. The van der Waals surface area contributed by atoms with E-state index in [1.807, 2.05) is 0 Å². The highest BCUT2D eigenvalue weighted by Crippen LogP contribution is 2.25. The smallest absolute Gasteiger partial charge is 0.291 e. The number of carbonyl (C=O) groups is 2. The molecule has 2 amide bonds. The lowest BCUT2D eigenvalue weighted by molar-refractivity contribution is 0.0858. The number of rotatable bonds is 6. The van der Waals surface area contributed by atoms with Gasteiger partial charge in [0, 0.05) is 13.2 Å². The fourth-order valence-electron chi connectivity index (χ4n) is 3.35. The second-order valence-electron chi connectivity index (χ2n) is 6.99. The van der Waals surface area contributed by atoms with Crippen molar-refractivity contribution >= 4 is 17.5 Å². The number of benzene rings is 2. The average Bonchev–Trinajstić information content (AvgIpc) is 3.45. The number of ether oxygens (including phenoxy) is 1. The van der Waals surface area contributed by atoms with Crippen LogP contribution in [-0.2, 0) is 4.74 Å². The van der Waals surface area contributed by atoms with Gasteiger partial charge in [-0.1, -0.05) is 24.3 Å². The number of carbonyl (C=O) groups excluding carboxylic acids is 2. The van der Waals surface area contributed by atoms with Gasteiger partial charge in [0.25, 0.3) is 11.8 Å². The third-order valence-electron chi connectivity index (χ3n) is 4.90. The Kier molecular flexibility index (Phi) is 5.90. The van der Waals surface area contributed by atoms with Crippen molar-refractivity contribution in [2.45, 2.75) is 18.9 Å². The van der Waals surface area contributed by atoms with Gasteiger partial charge in [-0.15, -0.1) is 0 Å². The van der Waals surface area contributed by atoms with Crippen LogP contribution in [0.1, 0.15) is 33.8 Å². The molecule has 1 aliphatic rings. The van der Waals surface area contributed by atoms with Gasteiger partial charge in [-0.2, -0.15) is 0 Å². The summed E-state index contributed by atoms with van der Waals surface area (Å²) < 4.78 is 25.0. The normalized spacial score (nSPS) is 15.7. The van der Waals surface area contributed by atoms with Gasteiger partial charge in [0.1, 0.15) is 11.6 Å². The summed E-state index contributed by atoms with van der Waals surface area (Å²) in [5.74, 6) is -0.999. The van der Waals surface area contributed by atoms with Crippen molar-refractivity contribution in [3.8, 4) is 11.3 Å². The number of hydrogen-bond donors (Lipinski definition) is 2. The average molecular weight is 408 g/mol. The topological polar surface area (TPSA) is 80.6 Å². The Balaban J connectivity index is 1.46. The van der Waals surface area contributed by atoms with Crippen molar-refractivity contribution in [3.05, 3.63) is 77.8 Å². The van der Waals surface area contributed by atoms with Crippen molar-refractivity contribution in [1.82, 2.24) is 5.32 Å². The molecule has 1 atom stereocenters. The highest BCUT2D eigenvalue weighted by molar-refractivity contribution is 6.08. The van der Waals surface area contributed by atoms with Gasteiger partial charge >= 0.3 is 0 Å². The summed E-state index contributed by atoms with van der Waals surface area (Å²) in [4.78, 5) is 25.2. The molecule has 7 heteroatoms. The Labute approximate surface area is 173 Å². The van der Waals surface area contributed by atoms with E-state index in [0.717, 1.165) is 12.8 Å². The second kappa shape index (κ2) is 8.92. The number of anilines is 1. The first-order valence-corrected chi connectivity index (χ1v) is 9.77. The Morgan fingerprint density at radius 1 is 1.00 bits per heavy atom. The van der Waals surface area contributed by atoms with Crippen LogP contribution in [0.25, 0.3) is 11.3 Å². The number of amides is 2. The molecule has 6 nitrogen and oxygen atoms in total. The maximum atomic E-state index is 13.9. The maximum Gasteiger partial charge on any atom is 0.291 e. The molecule has 0 saturated carbocycles. The molecule has 2 heterocycles. The van der Waals surface area contributed by atoms with E-state index < -0.39 is 11.7 Å². The van der Waals surface area contributed by atoms with Gasteiger partial charge in [0.05, 0.1) is 22.9 Å². The molecule has 0 spiro atoms. The molecular weight excluding hydrogens is 387 g/mol. The van der Waals surface area contributed by atoms with Crippen LogP contribution in [0.3, 0.4) is 0 Å². The predicted octanol–water partition coefficient (Wildman–Crippen LogP) is 4.25. The van der Waals surface area contributed by atoms with Gasteiger partial charge in [-0.3, -0.25) is 9.59 Å². The fourth-order valence-corrected chi connectivity index (χ4v) is 3.35. The molecule has 1 saturated heterocycles. The Hall–Kier alpha value is -3.45. The zero-order chi connectivity index (χ0) is 20.9. The first-order chi connectivity index (χ1) is 14.6. The molecule has 154 valence electrons. The van der Waals surface area contributed by atoms with E-state index >= 15 is 0 Å². The molecule has 1 aromatic heterocycles. The summed E-state index contributed by atoms with van der Waals surface area (Å²) in [5, 5.41) is 5.54. The third kappa shape index (κ3) is 4.41. The molecule has 2 N–H and O–H groups in total. The van der Waals surface area contributed by atoms with Crippen LogP contribution < -0.4 is 10.6 Å². The highest BCUT2D eigenvalue weighted by atomic mass is 19.1. The monoisotopic (exact) mass is 408 g/mol. The molecule has 0 aliphatic carbocycles. The van der Waals surface area contributed by atoms with Crippen molar-refractivity contribution < 1.29 is 23.1 Å². The van der Waals surface area contributed by atoms with Crippen molar-refractivity contribution in [1.29, 1.82) is 0 Å². The lowest BCUT2D eigenvalue weighted by Crippen LogP contribution is -2.32. The van der Waals surface area contributed by atoms with E-state index in [1.165, 1.54) is 18.2 Å². The van der Waals surface area contributed by atoms with Crippen LogP contribution >= 0.6 is 0 Å². The van der Waals surface area contributed by atoms with Gasteiger partial charge < -0.3 is 19.8 Å². The van der Waals surface area contributed by atoms with Crippen molar-refractivity contribution in [3.63, 3.8) is 0 Å².